The van der Waals surface area contributed by atoms with E-state index in [0.717, 1.165) is 38.8 Å². The third-order valence-corrected chi connectivity index (χ3v) is 3.98. The minimum absolute atomic E-state index is 0.0615. The molecule has 4 heteroatoms. The maximum Gasteiger partial charge on any atom is 0.305 e. The normalized spacial score (nSPS) is 10.9. The number of unbranched alkanes of at least 4 members (excludes halogenated alkanes) is 2. The molecule has 0 amide bonds. The third-order valence-electron chi connectivity index (χ3n) is 3.05. The van der Waals surface area contributed by atoms with E-state index >= 15 is 0 Å². The maximum absolute atomic E-state index is 11.1. The minimum atomic E-state index is -0.0615. The van der Waals surface area contributed by atoms with E-state index in [4.69, 9.17) is 4.74 Å². The Hall–Kier alpha value is -0.870. The number of rotatable bonds is 10. The number of nitrogens with zero attached hydrogens (tertiary/aromatic N) is 1. The van der Waals surface area contributed by atoms with Gasteiger partial charge in [0.2, 0.25) is 0 Å². The van der Waals surface area contributed by atoms with Gasteiger partial charge in [0.25, 0.3) is 0 Å². The Balaban J connectivity index is 1.95. The highest BCUT2D eigenvalue weighted by Crippen LogP contribution is 2.10. The lowest BCUT2D eigenvalue weighted by atomic mass is 10.2. The summed E-state index contributed by atoms with van der Waals surface area (Å²) in [5.41, 5.74) is 0. The first-order chi connectivity index (χ1) is 9.22. The van der Waals surface area contributed by atoms with Gasteiger partial charge in [-0.3, -0.25) is 4.79 Å². The predicted octanol–water partition coefficient (Wildman–Crippen LogP) is 3.35. The molecular formula is C15H25NO2S. The van der Waals surface area contributed by atoms with Gasteiger partial charge in [-0.2, -0.15) is 0 Å². The summed E-state index contributed by atoms with van der Waals surface area (Å²) in [7, 11) is 2.17. The average molecular weight is 283 g/mol. The summed E-state index contributed by atoms with van der Waals surface area (Å²) < 4.78 is 4.90. The number of carbonyl (C=O) groups is 1. The molecule has 3 nitrogen and oxygen atoms in total. The first-order valence-corrected chi connectivity index (χ1v) is 7.97. The fraction of sp³-hybridized carbons (Fsp3) is 0.667. The van der Waals surface area contributed by atoms with E-state index in [1.165, 1.54) is 4.88 Å². The Labute approximate surface area is 120 Å². The largest absolute Gasteiger partial charge is 0.466 e. The molecule has 0 aliphatic heterocycles. The fourth-order valence-corrected chi connectivity index (χ4v) is 2.63. The van der Waals surface area contributed by atoms with Gasteiger partial charge in [0.1, 0.15) is 0 Å². The molecule has 0 radical (unpaired) electrons. The van der Waals surface area contributed by atoms with Crippen molar-refractivity contribution < 1.29 is 9.53 Å². The van der Waals surface area contributed by atoms with Gasteiger partial charge in [-0.15, -0.1) is 11.3 Å². The summed E-state index contributed by atoms with van der Waals surface area (Å²) in [5.74, 6) is -0.0615. The number of carbonyl (C=O) groups excluding carboxylic acids is 1. The molecule has 1 aromatic rings. The van der Waals surface area contributed by atoms with E-state index in [9.17, 15) is 4.79 Å². The van der Waals surface area contributed by atoms with Gasteiger partial charge in [0.15, 0.2) is 0 Å². The molecule has 0 saturated heterocycles. The van der Waals surface area contributed by atoms with E-state index in [0.29, 0.717) is 13.0 Å². The summed E-state index contributed by atoms with van der Waals surface area (Å²) in [6.45, 7) is 4.55. The summed E-state index contributed by atoms with van der Waals surface area (Å²) in [4.78, 5) is 15.0. The van der Waals surface area contributed by atoms with Gasteiger partial charge in [-0.25, -0.2) is 0 Å². The van der Waals surface area contributed by atoms with Crippen LogP contribution in [0.2, 0.25) is 0 Å². The van der Waals surface area contributed by atoms with Crippen molar-refractivity contribution in [2.45, 2.75) is 39.0 Å². The molecule has 1 heterocycles. The highest BCUT2D eigenvalue weighted by Gasteiger charge is 2.03. The van der Waals surface area contributed by atoms with E-state index in [1.54, 1.807) is 0 Å². The molecule has 0 aliphatic rings. The molecule has 1 rings (SSSR count). The summed E-state index contributed by atoms with van der Waals surface area (Å²) in [6.07, 6.45) is 4.89. The zero-order valence-electron chi connectivity index (χ0n) is 12.1. The Morgan fingerprint density at radius 3 is 2.84 bits per heavy atom. The van der Waals surface area contributed by atoms with Crippen LogP contribution in [-0.4, -0.2) is 37.6 Å². The van der Waals surface area contributed by atoms with Crippen LogP contribution in [0.4, 0.5) is 0 Å². The van der Waals surface area contributed by atoms with Crippen LogP contribution in [0.15, 0.2) is 17.5 Å². The standard InChI is InChI=1S/C15H25NO2S/c1-3-18-15(17)9-5-4-6-11-16(2)12-10-14-8-7-13-19-14/h7-8,13H,3-6,9-12H2,1-2H3. The van der Waals surface area contributed by atoms with Gasteiger partial charge in [0.05, 0.1) is 6.61 Å². The average Bonchev–Trinajstić information content (AvgIpc) is 2.89. The van der Waals surface area contributed by atoms with Crippen molar-refractivity contribution in [2.24, 2.45) is 0 Å². The van der Waals surface area contributed by atoms with Crippen LogP contribution in [0.5, 0.6) is 0 Å². The lowest BCUT2D eigenvalue weighted by Gasteiger charge is -2.15. The van der Waals surface area contributed by atoms with Gasteiger partial charge < -0.3 is 9.64 Å². The van der Waals surface area contributed by atoms with E-state index < -0.39 is 0 Å². The highest BCUT2D eigenvalue weighted by molar-refractivity contribution is 7.09. The molecule has 0 fully saturated rings. The van der Waals surface area contributed by atoms with Crippen LogP contribution in [0.25, 0.3) is 0 Å². The van der Waals surface area contributed by atoms with E-state index in [2.05, 4.69) is 29.5 Å². The Kier molecular flexibility index (Phi) is 8.50. The quantitative estimate of drug-likeness (QED) is 0.487. The molecule has 0 spiro atoms. The van der Waals surface area contributed by atoms with Crippen molar-refractivity contribution in [3.63, 3.8) is 0 Å². The summed E-state index contributed by atoms with van der Waals surface area (Å²) >= 11 is 1.83. The maximum atomic E-state index is 11.1. The van der Waals surface area contributed by atoms with Gasteiger partial charge in [0, 0.05) is 17.8 Å². The molecule has 0 bridgehead atoms. The van der Waals surface area contributed by atoms with Crippen LogP contribution >= 0.6 is 11.3 Å². The lowest BCUT2D eigenvalue weighted by Crippen LogP contribution is -2.22. The fourth-order valence-electron chi connectivity index (χ4n) is 1.93. The Morgan fingerprint density at radius 1 is 1.32 bits per heavy atom. The smallest absolute Gasteiger partial charge is 0.305 e. The number of likely N-dealkylation sites (N-methyl/N-ethyl adjacent to an activating group) is 1. The van der Waals surface area contributed by atoms with Crippen molar-refractivity contribution in [3.8, 4) is 0 Å². The second-order valence-electron chi connectivity index (χ2n) is 4.75. The molecular weight excluding hydrogens is 258 g/mol. The summed E-state index contributed by atoms with van der Waals surface area (Å²) in [6, 6.07) is 4.30. The van der Waals surface area contributed by atoms with Gasteiger partial charge in [-0.05, 0) is 51.2 Å². The molecule has 1 aromatic heterocycles. The van der Waals surface area contributed by atoms with Crippen molar-refractivity contribution >= 4 is 17.3 Å². The van der Waals surface area contributed by atoms with Gasteiger partial charge >= 0.3 is 5.97 Å². The number of hydrogen-bond acceptors (Lipinski definition) is 4. The SMILES string of the molecule is CCOC(=O)CCCCCN(C)CCc1cccs1. The molecule has 0 aliphatic carbocycles. The molecule has 0 atom stereocenters. The topological polar surface area (TPSA) is 29.5 Å². The van der Waals surface area contributed by atoms with Crippen molar-refractivity contribution in [1.29, 1.82) is 0 Å². The molecule has 0 unspecified atom stereocenters. The van der Waals surface area contributed by atoms with Crippen LogP contribution in [0.1, 0.15) is 37.5 Å². The van der Waals surface area contributed by atoms with Crippen LogP contribution in [-0.2, 0) is 16.0 Å². The van der Waals surface area contributed by atoms with Crippen LogP contribution in [0, 0.1) is 0 Å². The number of esters is 1. The molecule has 0 aromatic carbocycles. The molecule has 108 valence electrons. The Morgan fingerprint density at radius 2 is 2.16 bits per heavy atom. The van der Waals surface area contributed by atoms with Crippen molar-refractivity contribution in [2.75, 3.05) is 26.7 Å². The second kappa shape index (κ2) is 9.98. The first-order valence-electron chi connectivity index (χ1n) is 7.09. The molecule has 0 saturated carbocycles. The van der Waals surface area contributed by atoms with E-state index in [-0.39, 0.29) is 5.97 Å². The first kappa shape index (κ1) is 16.2. The minimum Gasteiger partial charge on any atom is -0.466 e. The molecule has 19 heavy (non-hydrogen) atoms. The summed E-state index contributed by atoms with van der Waals surface area (Å²) in [5, 5.41) is 2.13. The predicted molar refractivity (Wildman–Crippen MR) is 80.6 cm³/mol. The second-order valence-corrected chi connectivity index (χ2v) is 5.78. The zero-order valence-corrected chi connectivity index (χ0v) is 12.9. The highest BCUT2D eigenvalue weighted by atomic mass is 32.1. The molecule has 0 N–H and O–H groups in total. The number of thiophene rings is 1. The van der Waals surface area contributed by atoms with Gasteiger partial charge in [-0.1, -0.05) is 12.5 Å². The van der Waals surface area contributed by atoms with Crippen LogP contribution in [0.3, 0.4) is 0 Å². The van der Waals surface area contributed by atoms with E-state index in [1.807, 2.05) is 18.3 Å². The lowest BCUT2D eigenvalue weighted by molar-refractivity contribution is -0.143. The van der Waals surface area contributed by atoms with Crippen molar-refractivity contribution in [1.82, 2.24) is 4.90 Å². The Bertz CT molecular complexity index is 338. The van der Waals surface area contributed by atoms with Crippen LogP contribution < -0.4 is 0 Å². The third kappa shape index (κ3) is 8.01. The zero-order chi connectivity index (χ0) is 13.9. The monoisotopic (exact) mass is 283 g/mol. The number of ether oxygens (including phenoxy) is 1. The number of hydrogen-bond donors (Lipinski definition) is 0. The van der Waals surface area contributed by atoms with Crippen molar-refractivity contribution in [3.05, 3.63) is 22.4 Å².